The van der Waals surface area contributed by atoms with Crippen molar-refractivity contribution in [1.82, 2.24) is 0 Å². The van der Waals surface area contributed by atoms with Crippen LogP contribution in [0.25, 0.3) is 0 Å². The summed E-state index contributed by atoms with van der Waals surface area (Å²) in [6, 6.07) is 0. The van der Waals surface area contributed by atoms with Crippen molar-refractivity contribution in [3.05, 3.63) is 10.2 Å². The molecular weight excluding hydrogens is 363 g/mol. The molecule has 0 aromatic carbocycles. The third-order valence-corrected chi connectivity index (χ3v) is 18.7. The van der Waals surface area contributed by atoms with Crippen LogP contribution >= 0.6 is 0 Å². The van der Waals surface area contributed by atoms with Crippen molar-refractivity contribution in [2.24, 2.45) is 0 Å². The summed E-state index contributed by atoms with van der Waals surface area (Å²) < 4.78 is 7.46. The standard InChI is InChI=1S/C7H11O.3C4H9.Sn/c1-2-3-4-5-6-7-8;3*1-3-4-2;/h1-2,7H,3-6H2;3*1,3-4H2,2H3;. The summed E-state index contributed by atoms with van der Waals surface area (Å²) in [4.78, 5) is 10.3. The Kier molecular flexibility index (Phi) is 15.3. The van der Waals surface area contributed by atoms with Gasteiger partial charge in [0.25, 0.3) is 0 Å². The topological polar surface area (TPSA) is 17.1 Å². The molecule has 0 N–H and O–H groups in total. The Morgan fingerprint density at radius 1 is 0.714 bits per heavy atom. The van der Waals surface area contributed by atoms with Crippen LogP contribution in [0.1, 0.15) is 85.0 Å². The van der Waals surface area contributed by atoms with Crippen LogP contribution in [0.15, 0.2) is 10.2 Å². The maximum atomic E-state index is 10.3. The number of aldehydes is 1. The molecule has 0 spiro atoms. The van der Waals surface area contributed by atoms with Crippen LogP contribution in [-0.2, 0) is 4.79 Å². The van der Waals surface area contributed by atoms with Crippen molar-refractivity contribution in [1.29, 1.82) is 0 Å². The van der Waals surface area contributed by atoms with E-state index in [1.807, 2.05) is 0 Å². The molecule has 21 heavy (non-hydrogen) atoms. The van der Waals surface area contributed by atoms with Crippen LogP contribution in [0.3, 0.4) is 0 Å². The van der Waals surface area contributed by atoms with E-state index in [2.05, 4.69) is 30.9 Å². The molecule has 0 bridgehead atoms. The molecule has 0 unspecified atom stereocenters. The molecule has 0 aliphatic carbocycles. The molecule has 0 aromatic rings. The molecule has 0 aliphatic rings. The number of unbranched alkanes of at least 4 members (excludes halogenated alkanes) is 6. The normalized spacial score (nSPS) is 12.1. The van der Waals surface area contributed by atoms with Crippen LogP contribution in [0.2, 0.25) is 13.3 Å². The van der Waals surface area contributed by atoms with Gasteiger partial charge < -0.3 is 0 Å². The van der Waals surface area contributed by atoms with Gasteiger partial charge in [0.2, 0.25) is 0 Å². The molecule has 2 heteroatoms. The average molecular weight is 401 g/mol. The third kappa shape index (κ3) is 11.4. The Balaban J connectivity index is 4.53. The van der Waals surface area contributed by atoms with E-state index in [4.69, 9.17) is 0 Å². The Hall–Kier alpha value is 0.209. The van der Waals surface area contributed by atoms with E-state index >= 15 is 0 Å². The minimum atomic E-state index is -2.01. The predicted molar refractivity (Wildman–Crippen MR) is 98.6 cm³/mol. The van der Waals surface area contributed by atoms with E-state index in [9.17, 15) is 4.79 Å². The first kappa shape index (κ1) is 21.2. The zero-order valence-electron chi connectivity index (χ0n) is 14.8. The van der Waals surface area contributed by atoms with Gasteiger partial charge in [0.1, 0.15) is 0 Å². The summed E-state index contributed by atoms with van der Waals surface area (Å²) in [7, 11) is 0. The fourth-order valence-electron chi connectivity index (χ4n) is 3.03. The number of hydrogen-bond donors (Lipinski definition) is 0. The Labute approximate surface area is 137 Å². The van der Waals surface area contributed by atoms with Gasteiger partial charge in [0.15, 0.2) is 0 Å². The van der Waals surface area contributed by atoms with Crippen molar-refractivity contribution >= 4 is 24.7 Å². The van der Waals surface area contributed by atoms with Gasteiger partial charge >= 0.3 is 138 Å². The summed E-state index contributed by atoms with van der Waals surface area (Å²) >= 11 is -2.01. The summed E-state index contributed by atoms with van der Waals surface area (Å²) in [5.41, 5.74) is 0. The minimum absolute atomic E-state index is 0.740. The number of carbonyl (C=O) groups is 1. The van der Waals surface area contributed by atoms with E-state index < -0.39 is 18.4 Å². The summed E-state index contributed by atoms with van der Waals surface area (Å²) in [6.45, 7) is 7.00. The van der Waals surface area contributed by atoms with E-state index in [-0.39, 0.29) is 0 Å². The molecule has 0 heterocycles. The molecule has 0 aromatic heterocycles. The average Bonchev–Trinajstić information content (AvgIpc) is 2.51. The van der Waals surface area contributed by atoms with Crippen molar-refractivity contribution in [2.75, 3.05) is 0 Å². The number of carbonyl (C=O) groups excluding carboxylic acids is 1. The van der Waals surface area contributed by atoms with Crippen LogP contribution in [-0.4, -0.2) is 24.7 Å². The van der Waals surface area contributed by atoms with Crippen molar-refractivity contribution in [3.63, 3.8) is 0 Å². The number of allylic oxidation sites excluding steroid dienone is 1. The Morgan fingerprint density at radius 3 is 1.62 bits per heavy atom. The van der Waals surface area contributed by atoms with Crippen molar-refractivity contribution < 1.29 is 4.79 Å². The first-order chi connectivity index (χ1) is 10.2. The molecule has 1 nitrogen and oxygen atoms in total. The van der Waals surface area contributed by atoms with E-state index in [1.165, 1.54) is 51.4 Å². The van der Waals surface area contributed by atoms with Crippen molar-refractivity contribution in [3.8, 4) is 0 Å². The van der Waals surface area contributed by atoms with Gasteiger partial charge in [0, 0.05) is 0 Å². The summed E-state index contributed by atoms with van der Waals surface area (Å²) in [5.74, 6) is 0. The fraction of sp³-hybridized carbons (Fsp3) is 0.842. The zero-order valence-corrected chi connectivity index (χ0v) is 17.7. The van der Waals surface area contributed by atoms with Gasteiger partial charge in [-0.3, -0.25) is 0 Å². The molecule has 0 fully saturated rings. The van der Waals surface area contributed by atoms with Crippen LogP contribution in [0, 0.1) is 0 Å². The summed E-state index contributed by atoms with van der Waals surface area (Å²) in [6.07, 6.45) is 16.1. The van der Waals surface area contributed by atoms with Gasteiger partial charge in [-0.25, -0.2) is 0 Å². The van der Waals surface area contributed by atoms with Gasteiger partial charge in [-0.05, 0) is 0 Å². The monoisotopic (exact) mass is 402 g/mol. The molecule has 0 saturated carbocycles. The first-order valence-corrected chi connectivity index (χ1v) is 17.1. The second kappa shape index (κ2) is 15.1. The summed E-state index contributed by atoms with van der Waals surface area (Å²) in [5, 5.41) is 0. The molecule has 124 valence electrons. The third-order valence-electron chi connectivity index (χ3n) is 4.50. The second-order valence-corrected chi connectivity index (χ2v) is 19.5. The molecule has 0 aliphatic heterocycles. The molecule has 0 amide bonds. The van der Waals surface area contributed by atoms with E-state index in [0.29, 0.717) is 0 Å². The predicted octanol–water partition coefficient (Wildman–Crippen LogP) is 6.69. The van der Waals surface area contributed by atoms with Gasteiger partial charge in [-0.1, -0.05) is 0 Å². The van der Waals surface area contributed by atoms with Crippen LogP contribution in [0.4, 0.5) is 0 Å². The van der Waals surface area contributed by atoms with Crippen molar-refractivity contribution in [2.45, 2.75) is 98.3 Å². The molecule has 0 saturated heterocycles. The quantitative estimate of drug-likeness (QED) is 0.170. The molecular formula is C19H38OSn. The maximum absolute atomic E-state index is 10.3. The molecule has 0 radical (unpaired) electrons. The molecule has 0 atom stereocenters. The van der Waals surface area contributed by atoms with E-state index in [1.54, 1.807) is 13.3 Å². The number of rotatable bonds is 15. The van der Waals surface area contributed by atoms with Crippen LogP contribution in [0.5, 0.6) is 0 Å². The first-order valence-electron chi connectivity index (χ1n) is 9.36. The Morgan fingerprint density at radius 2 is 1.19 bits per heavy atom. The van der Waals surface area contributed by atoms with E-state index in [0.717, 1.165) is 19.1 Å². The Bertz CT molecular complexity index is 239. The van der Waals surface area contributed by atoms with Gasteiger partial charge in [-0.15, -0.1) is 0 Å². The SMILES string of the molecule is CCC[CH2][Sn](/[CH]=C/CCCCC=O)([CH2]CCC)[CH2]CCC. The van der Waals surface area contributed by atoms with Gasteiger partial charge in [-0.2, -0.15) is 0 Å². The second-order valence-electron chi connectivity index (χ2n) is 6.53. The zero-order chi connectivity index (χ0) is 15.8. The fourth-order valence-corrected chi connectivity index (χ4v) is 17.6. The number of hydrogen-bond acceptors (Lipinski definition) is 1. The molecule has 0 rings (SSSR count). The van der Waals surface area contributed by atoms with Gasteiger partial charge in [0.05, 0.1) is 0 Å². The van der Waals surface area contributed by atoms with Crippen LogP contribution < -0.4 is 0 Å².